The predicted molar refractivity (Wildman–Crippen MR) is 72.3 cm³/mol. The van der Waals surface area contributed by atoms with Crippen molar-refractivity contribution in [3.63, 3.8) is 0 Å². The molecule has 0 aliphatic heterocycles. The summed E-state index contributed by atoms with van der Waals surface area (Å²) in [4.78, 5) is 11.8. The third-order valence-corrected chi connectivity index (χ3v) is 2.50. The van der Waals surface area contributed by atoms with Gasteiger partial charge in [-0.25, -0.2) is 4.79 Å². The maximum Gasteiger partial charge on any atom is 0.407 e. The molecule has 0 radical (unpaired) electrons. The van der Waals surface area contributed by atoms with Gasteiger partial charge in [0.05, 0.1) is 6.04 Å². The molecule has 2 atom stereocenters. The summed E-state index contributed by atoms with van der Waals surface area (Å²) >= 11 is 0. The zero-order chi connectivity index (χ0) is 14.6. The van der Waals surface area contributed by atoms with Gasteiger partial charge < -0.3 is 20.9 Å². The summed E-state index contributed by atoms with van der Waals surface area (Å²) in [6, 6.07) is -0.554. The van der Waals surface area contributed by atoms with E-state index in [4.69, 9.17) is 15.6 Å². The SMILES string of the molecule is CC(C)(C)OC(=O)NC(C(N)CCO)C(C)(C)C. The van der Waals surface area contributed by atoms with Crippen LogP contribution >= 0.6 is 0 Å². The zero-order valence-corrected chi connectivity index (χ0v) is 12.4. The summed E-state index contributed by atoms with van der Waals surface area (Å²) in [5.74, 6) is 0. The Balaban J connectivity index is 4.66. The van der Waals surface area contributed by atoms with E-state index in [1.807, 2.05) is 41.5 Å². The first-order valence-electron chi connectivity index (χ1n) is 6.33. The van der Waals surface area contributed by atoms with E-state index in [0.29, 0.717) is 6.42 Å². The van der Waals surface area contributed by atoms with E-state index in [1.165, 1.54) is 0 Å². The van der Waals surface area contributed by atoms with E-state index < -0.39 is 11.7 Å². The largest absolute Gasteiger partial charge is 0.444 e. The van der Waals surface area contributed by atoms with Gasteiger partial charge in [0.2, 0.25) is 0 Å². The molecule has 1 amide bonds. The van der Waals surface area contributed by atoms with Crippen LogP contribution in [0.1, 0.15) is 48.0 Å². The van der Waals surface area contributed by atoms with Crippen LogP contribution in [0.2, 0.25) is 0 Å². The predicted octanol–water partition coefficient (Wildman–Crippen LogP) is 1.64. The Morgan fingerprint density at radius 3 is 2.11 bits per heavy atom. The first-order valence-corrected chi connectivity index (χ1v) is 6.33. The number of rotatable bonds is 4. The van der Waals surface area contributed by atoms with Crippen LogP contribution in [0.25, 0.3) is 0 Å². The summed E-state index contributed by atoms with van der Waals surface area (Å²) in [5.41, 5.74) is 5.26. The van der Waals surface area contributed by atoms with E-state index in [0.717, 1.165) is 0 Å². The summed E-state index contributed by atoms with van der Waals surface area (Å²) < 4.78 is 5.22. The molecule has 108 valence electrons. The van der Waals surface area contributed by atoms with Crippen LogP contribution in [-0.2, 0) is 4.74 Å². The quantitative estimate of drug-likeness (QED) is 0.717. The van der Waals surface area contributed by atoms with E-state index >= 15 is 0 Å². The lowest BCUT2D eigenvalue weighted by atomic mass is 9.81. The molecule has 0 aromatic heterocycles. The van der Waals surface area contributed by atoms with Gasteiger partial charge in [0.25, 0.3) is 0 Å². The topological polar surface area (TPSA) is 84.6 Å². The minimum Gasteiger partial charge on any atom is -0.444 e. The van der Waals surface area contributed by atoms with Gasteiger partial charge in [0.1, 0.15) is 5.60 Å². The minimum atomic E-state index is -0.534. The van der Waals surface area contributed by atoms with Gasteiger partial charge in [-0.05, 0) is 32.6 Å². The maximum absolute atomic E-state index is 11.8. The second-order valence-electron chi connectivity index (χ2n) is 6.67. The van der Waals surface area contributed by atoms with Crippen molar-refractivity contribution in [2.24, 2.45) is 11.1 Å². The lowest BCUT2D eigenvalue weighted by Gasteiger charge is -2.36. The number of amides is 1. The number of ether oxygens (including phenoxy) is 1. The minimum absolute atomic E-state index is 0.00372. The zero-order valence-electron chi connectivity index (χ0n) is 12.4. The molecule has 0 spiro atoms. The second-order valence-corrected chi connectivity index (χ2v) is 6.67. The molecule has 0 saturated heterocycles. The van der Waals surface area contributed by atoms with Crippen molar-refractivity contribution in [3.05, 3.63) is 0 Å². The van der Waals surface area contributed by atoms with Crippen molar-refractivity contribution in [1.29, 1.82) is 0 Å². The number of alkyl carbamates (subject to hydrolysis) is 1. The Hall–Kier alpha value is -0.810. The van der Waals surface area contributed by atoms with Crippen molar-refractivity contribution >= 4 is 6.09 Å². The molecule has 0 heterocycles. The van der Waals surface area contributed by atoms with E-state index in [1.54, 1.807) is 0 Å². The molecule has 2 unspecified atom stereocenters. The molecule has 0 bridgehead atoms. The highest BCUT2D eigenvalue weighted by Crippen LogP contribution is 2.23. The van der Waals surface area contributed by atoms with Crippen molar-refractivity contribution in [2.75, 3.05) is 6.61 Å². The first kappa shape index (κ1) is 17.2. The lowest BCUT2D eigenvalue weighted by Crippen LogP contribution is -2.55. The average Bonchev–Trinajstić information content (AvgIpc) is 2.09. The van der Waals surface area contributed by atoms with E-state index in [-0.39, 0.29) is 24.1 Å². The van der Waals surface area contributed by atoms with Gasteiger partial charge >= 0.3 is 6.09 Å². The molecule has 5 heteroatoms. The number of carbonyl (C=O) groups is 1. The Bertz CT molecular complexity index is 266. The average molecular weight is 260 g/mol. The number of aliphatic hydroxyl groups is 1. The highest BCUT2D eigenvalue weighted by Gasteiger charge is 2.32. The molecule has 0 aliphatic carbocycles. The van der Waals surface area contributed by atoms with Crippen LogP contribution in [0, 0.1) is 5.41 Å². The molecule has 0 aromatic rings. The summed E-state index contributed by atoms with van der Waals surface area (Å²) in [5, 5.41) is 11.7. The maximum atomic E-state index is 11.8. The smallest absolute Gasteiger partial charge is 0.407 e. The third kappa shape index (κ3) is 6.81. The second kappa shape index (κ2) is 6.38. The van der Waals surface area contributed by atoms with Crippen molar-refractivity contribution in [2.45, 2.75) is 65.6 Å². The van der Waals surface area contributed by atoms with Crippen LogP contribution in [0.5, 0.6) is 0 Å². The van der Waals surface area contributed by atoms with Crippen molar-refractivity contribution < 1.29 is 14.6 Å². The summed E-state index contributed by atoms with van der Waals surface area (Å²) in [6.07, 6.45) is -0.0339. The highest BCUT2D eigenvalue weighted by atomic mass is 16.6. The van der Waals surface area contributed by atoms with Crippen LogP contribution in [0.3, 0.4) is 0 Å². The molecule has 0 fully saturated rings. The van der Waals surface area contributed by atoms with Gasteiger partial charge in [-0.2, -0.15) is 0 Å². The fourth-order valence-electron chi connectivity index (χ4n) is 1.72. The molecular formula is C13H28N2O3. The Kier molecular flexibility index (Phi) is 6.10. The molecule has 0 rings (SSSR count). The number of aliphatic hydroxyl groups excluding tert-OH is 1. The number of nitrogens with one attached hydrogen (secondary N) is 1. The van der Waals surface area contributed by atoms with E-state index in [9.17, 15) is 4.79 Å². The van der Waals surface area contributed by atoms with Gasteiger partial charge in [-0.3, -0.25) is 0 Å². The fourth-order valence-corrected chi connectivity index (χ4v) is 1.72. The van der Waals surface area contributed by atoms with E-state index in [2.05, 4.69) is 5.32 Å². The molecule has 0 aliphatic rings. The third-order valence-electron chi connectivity index (χ3n) is 2.50. The van der Waals surface area contributed by atoms with Gasteiger partial charge in [-0.1, -0.05) is 20.8 Å². The van der Waals surface area contributed by atoms with Gasteiger partial charge in [0, 0.05) is 12.6 Å². The molecule has 4 N–H and O–H groups in total. The molecule has 0 saturated carbocycles. The molecule has 18 heavy (non-hydrogen) atoms. The standard InChI is InChI=1S/C13H28N2O3/c1-12(2,3)10(9(14)7-8-16)15-11(17)18-13(4,5)6/h9-10,16H,7-8,14H2,1-6H3,(H,15,17). The molecule has 5 nitrogen and oxygen atoms in total. The Labute approximate surface area is 110 Å². The number of carbonyl (C=O) groups excluding carboxylic acids is 1. The van der Waals surface area contributed by atoms with Crippen LogP contribution in [0.4, 0.5) is 4.79 Å². The summed E-state index contributed by atoms with van der Waals surface area (Å²) in [6.45, 7) is 11.4. The summed E-state index contributed by atoms with van der Waals surface area (Å²) in [7, 11) is 0. The normalized spacial score (nSPS) is 16.0. The van der Waals surface area contributed by atoms with Gasteiger partial charge in [-0.15, -0.1) is 0 Å². The van der Waals surface area contributed by atoms with Crippen molar-refractivity contribution in [1.82, 2.24) is 5.32 Å². The number of hydrogen-bond acceptors (Lipinski definition) is 4. The monoisotopic (exact) mass is 260 g/mol. The Morgan fingerprint density at radius 1 is 1.28 bits per heavy atom. The first-order chi connectivity index (χ1) is 7.97. The van der Waals surface area contributed by atoms with Crippen molar-refractivity contribution in [3.8, 4) is 0 Å². The van der Waals surface area contributed by atoms with Gasteiger partial charge in [0.15, 0.2) is 0 Å². The van der Waals surface area contributed by atoms with Crippen LogP contribution in [-0.4, -0.2) is 35.5 Å². The fraction of sp³-hybridized carbons (Fsp3) is 0.923. The Morgan fingerprint density at radius 2 is 1.78 bits per heavy atom. The van der Waals surface area contributed by atoms with Crippen LogP contribution in [0.15, 0.2) is 0 Å². The molecular weight excluding hydrogens is 232 g/mol. The number of hydrogen-bond donors (Lipinski definition) is 3. The lowest BCUT2D eigenvalue weighted by molar-refractivity contribution is 0.0441. The number of nitrogens with two attached hydrogens (primary N) is 1. The molecule has 0 aromatic carbocycles. The highest BCUT2D eigenvalue weighted by molar-refractivity contribution is 5.68. The van der Waals surface area contributed by atoms with Crippen LogP contribution < -0.4 is 11.1 Å².